The van der Waals surface area contributed by atoms with Crippen LogP contribution in [0.4, 0.5) is 0 Å². The number of allylic oxidation sites excluding steroid dienone is 26. The van der Waals surface area contributed by atoms with E-state index in [9.17, 15) is 19.0 Å². The molecule has 0 fully saturated rings. The van der Waals surface area contributed by atoms with Crippen LogP contribution in [0.2, 0.25) is 0 Å². The standard InChI is InChI=1S/C73H120NO8P/c1-3-5-7-9-11-13-15-17-19-21-23-25-27-29-31-32-33-34-35-36-37-38-40-41-43-45-47-49-51-53-55-57-59-61-63-65-72(75)79-69-71(70-81-83(77,78)80-68-67-74)82-73(76)66-64-62-60-58-56-54-52-50-48-46-44-42-39-30-28-26-24-22-20-18-16-14-12-10-8-6-4-2/h5-8,11-14,17-20,23-26,29-31,33-34,39,44,46,50,52,71H,3-4,9-10,15-16,21-22,27-28,32,35-38,40-43,45,47-49,51,53-70,74H2,1-2H3,(H,77,78)/b7-5-,8-6-,13-11-,14-12-,19-17-,20-18-,25-23-,26-24-,31-29-,34-33-,39-30-,46-44-,52-50-. The summed E-state index contributed by atoms with van der Waals surface area (Å²) in [5.74, 6) is -0.856. The molecule has 0 rings (SSSR count). The van der Waals surface area contributed by atoms with Crippen LogP contribution in [-0.4, -0.2) is 49.3 Å². The number of hydrogen-bond donors (Lipinski definition) is 2. The Morgan fingerprint density at radius 3 is 0.928 bits per heavy atom. The molecule has 0 aliphatic rings. The zero-order valence-electron chi connectivity index (χ0n) is 52.6. The number of esters is 2. The second-order valence-electron chi connectivity index (χ2n) is 21.2. The molecule has 0 saturated carbocycles. The van der Waals surface area contributed by atoms with Crippen molar-refractivity contribution in [3.63, 3.8) is 0 Å². The van der Waals surface area contributed by atoms with E-state index in [-0.39, 0.29) is 32.6 Å². The van der Waals surface area contributed by atoms with Crippen LogP contribution in [0.5, 0.6) is 0 Å². The summed E-state index contributed by atoms with van der Waals surface area (Å²) in [4.78, 5) is 35.3. The molecule has 83 heavy (non-hydrogen) atoms. The molecular formula is C73H120NO8P. The number of phosphoric ester groups is 1. The first-order valence-electron chi connectivity index (χ1n) is 33.0. The van der Waals surface area contributed by atoms with Crippen molar-refractivity contribution in [3.8, 4) is 0 Å². The summed E-state index contributed by atoms with van der Waals surface area (Å²) in [6.07, 6.45) is 97.4. The highest BCUT2D eigenvalue weighted by molar-refractivity contribution is 7.47. The van der Waals surface area contributed by atoms with Gasteiger partial charge in [-0.15, -0.1) is 0 Å². The number of phosphoric acid groups is 1. The van der Waals surface area contributed by atoms with E-state index in [0.717, 1.165) is 135 Å². The van der Waals surface area contributed by atoms with Crippen LogP contribution in [0, 0.1) is 0 Å². The van der Waals surface area contributed by atoms with E-state index in [1.165, 1.54) is 89.9 Å². The first kappa shape index (κ1) is 78.6. The molecular weight excluding hydrogens is 1050 g/mol. The molecule has 0 radical (unpaired) electrons. The number of unbranched alkanes of at least 4 members (excludes halogenated alkanes) is 21. The van der Waals surface area contributed by atoms with Gasteiger partial charge in [-0.2, -0.15) is 0 Å². The predicted octanol–water partition coefficient (Wildman–Crippen LogP) is 21.6. The number of hydrogen-bond acceptors (Lipinski definition) is 8. The van der Waals surface area contributed by atoms with Gasteiger partial charge in [0.25, 0.3) is 0 Å². The van der Waals surface area contributed by atoms with Crippen molar-refractivity contribution in [2.45, 2.75) is 264 Å². The second-order valence-corrected chi connectivity index (χ2v) is 22.7. The quantitative estimate of drug-likeness (QED) is 0.0264. The Kier molecular flexibility index (Phi) is 63.3. The first-order chi connectivity index (χ1) is 40.8. The number of nitrogens with two attached hydrogens (primary N) is 1. The molecule has 0 aromatic carbocycles. The molecule has 0 aromatic rings. The van der Waals surface area contributed by atoms with Crippen LogP contribution in [0.25, 0.3) is 0 Å². The zero-order chi connectivity index (χ0) is 60.1. The minimum Gasteiger partial charge on any atom is -0.462 e. The number of carbonyl (C=O) groups excluding carboxylic acids is 2. The van der Waals surface area contributed by atoms with Crippen molar-refractivity contribution in [1.82, 2.24) is 0 Å². The van der Waals surface area contributed by atoms with Gasteiger partial charge in [0.1, 0.15) is 6.61 Å². The molecule has 0 aliphatic heterocycles. The molecule has 9 nitrogen and oxygen atoms in total. The topological polar surface area (TPSA) is 134 Å². The summed E-state index contributed by atoms with van der Waals surface area (Å²) in [7, 11) is -4.41. The fourth-order valence-electron chi connectivity index (χ4n) is 8.62. The average Bonchev–Trinajstić information content (AvgIpc) is 3.48. The highest BCUT2D eigenvalue weighted by Crippen LogP contribution is 2.43. The number of rotatable bonds is 60. The van der Waals surface area contributed by atoms with Crippen molar-refractivity contribution >= 4 is 19.8 Å². The molecule has 0 amide bonds. The van der Waals surface area contributed by atoms with Gasteiger partial charge >= 0.3 is 19.8 Å². The Hall–Kier alpha value is -4.37. The van der Waals surface area contributed by atoms with Crippen molar-refractivity contribution in [3.05, 3.63) is 158 Å². The average molecular weight is 1170 g/mol. The minimum atomic E-state index is -4.41. The van der Waals surface area contributed by atoms with Crippen molar-refractivity contribution in [2.75, 3.05) is 26.4 Å². The van der Waals surface area contributed by atoms with Gasteiger partial charge in [-0.1, -0.05) is 281 Å². The fraction of sp³-hybridized carbons (Fsp3) is 0.616. The van der Waals surface area contributed by atoms with Gasteiger partial charge in [0.05, 0.1) is 13.2 Å². The molecule has 0 bridgehead atoms. The molecule has 0 aromatic heterocycles. The molecule has 10 heteroatoms. The number of carbonyl (C=O) groups is 2. The summed E-state index contributed by atoms with van der Waals surface area (Å²) in [5, 5.41) is 0. The molecule has 3 N–H and O–H groups in total. The maximum atomic E-state index is 12.7. The van der Waals surface area contributed by atoms with Crippen molar-refractivity contribution in [2.24, 2.45) is 5.73 Å². The molecule has 470 valence electrons. The van der Waals surface area contributed by atoms with Crippen LogP contribution in [0.15, 0.2) is 158 Å². The van der Waals surface area contributed by atoms with E-state index in [2.05, 4.69) is 172 Å². The summed E-state index contributed by atoms with van der Waals surface area (Å²) >= 11 is 0. The van der Waals surface area contributed by atoms with Gasteiger partial charge in [0.15, 0.2) is 6.10 Å². The molecule has 2 unspecified atom stereocenters. The lowest BCUT2D eigenvalue weighted by Gasteiger charge is -2.19. The van der Waals surface area contributed by atoms with Gasteiger partial charge in [0.2, 0.25) is 0 Å². The third kappa shape index (κ3) is 66.6. The first-order valence-corrected chi connectivity index (χ1v) is 34.5. The zero-order valence-corrected chi connectivity index (χ0v) is 53.5. The lowest BCUT2D eigenvalue weighted by molar-refractivity contribution is -0.161. The minimum absolute atomic E-state index is 0.0424. The predicted molar refractivity (Wildman–Crippen MR) is 357 cm³/mol. The van der Waals surface area contributed by atoms with Crippen LogP contribution in [0.1, 0.15) is 258 Å². The molecule has 0 heterocycles. The van der Waals surface area contributed by atoms with Gasteiger partial charge < -0.3 is 20.1 Å². The van der Waals surface area contributed by atoms with Crippen LogP contribution in [-0.2, 0) is 32.7 Å². The Labute approximate surface area is 509 Å². The van der Waals surface area contributed by atoms with E-state index in [1.807, 2.05) is 0 Å². The summed E-state index contributed by atoms with van der Waals surface area (Å²) in [6.45, 7) is 3.49. The van der Waals surface area contributed by atoms with Crippen LogP contribution < -0.4 is 5.73 Å². The Balaban J connectivity index is 3.97. The molecule has 0 aliphatic carbocycles. The molecule has 0 saturated heterocycles. The van der Waals surface area contributed by atoms with E-state index >= 15 is 0 Å². The van der Waals surface area contributed by atoms with Crippen molar-refractivity contribution < 1.29 is 37.6 Å². The van der Waals surface area contributed by atoms with Crippen LogP contribution in [0.3, 0.4) is 0 Å². The Morgan fingerprint density at radius 2 is 0.627 bits per heavy atom. The van der Waals surface area contributed by atoms with Crippen molar-refractivity contribution in [1.29, 1.82) is 0 Å². The summed E-state index contributed by atoms with van der Waals surface area (Å²) < 4.78 is 33.1. The van der Waals surface area contributed by atoms with Crippen LogP contribution >= 0.6 is 7.82 Å². The highest BCUT2D eigenvalue weighted by atomic mass is 31.2. The Morgan fingerprint density at radius 1 is 0.361 bits per heavy atom. The van der Waals surface area contributed by atoms with E-state index in [4.69, 9.17) is 24.3 Å². The van der Waals surface area contributed by atoms with E-state index in [0.29, 0.717) is 6.42 Å². The third-order valence-electron chi connectivity index (χ3n) is 13.4. The maximum absolute atomic E-state index is 12.7. The fourth-order valence-corrected chi connectivity index (χ4v) is 9.39. The van der Waals surface area contributed by atoms with E-state index in [1.54, 1.807) is 0 Å². The SMILES string of the molecule is CC/C=C\C/C=C\C/C=C\C/C=C\C/C=C\C/C=C\C/C=C\CCCCCCCC(=O)OC(COC(=O)CCCCCCCCCCCCCCCCCC/C=C\C/C=C\C/C=C\C/C=C\C/C=C\C/C=C\CC)COP(=O)(O)OCCN. The van der Waals surface area contributed by atoms with Gasteiger partial charge in [-0.25, -0.2) is 4.57 Å². The largest absolute Gasteiger partial charge is 0.472 e. The van der Waals surface area contributed by atoms with Gasteiger partial charge in [0, 0.05) is 19.4 Å². The lowest BCUT2D eigenvalue weighted by atomic mass is 10.0. The maximum Gasteiger partial charge on any atom is 0.472 e. The smallest absolute Gasteiger partial charge is 0.462 e. The number of ether oxygens (including phenoxy) is 2. The highest BCUT2D eigenvalue weighted by Gasteiger charge is 2.26. The second kappa shape index (κ2) is 66.8. The van der Waals surface area contributed by atoms with Gasteiger partial charge in [-0.3, -0.25) is 18.6 Å². The van der Waals surface area contributed by atoms with Gasteiger partial charge in [-0.05, 0) is 122 Å². The summed E-state index contributed by atoms with van der Waals surface area (Å²) in [6, 6.07) is 0. The summed E-state index contributed by atoms with van der Waals surface area (Å²) in [5.41, 5.74) is 5.39. The lowest BCUT2D eigenvalue weighted by Crippen LogP contribution is -2.29. The van der Waals surface area contributed by atoms with E-state index < -0.39 is 32.5 Å². The normalized spacial score (nSPS) is 14.0. The monoisotopic (exact) mass is 1170 g/mol. The molecule has 2 atom stereocenters. The third-order valence-corrected chi connectivity index (χ3v) is 14.4. The molecule has 0 spiro atoms. The Bertz CT molecular complexity index is 1920.